The zero-order chi connectivity index (χ0) is 16.5. The third kappa shape index (κ3) is 2.48. The van der Waals surface area contributed by atoms with E-state index in [0.717, 1.165) is 28.3 Å². The summed E-state index contributed by atoms with van der Waals surface area (Å²) in [6.07, 6.45) is 7.31. The van der Waals surface area contributed by atoms with Gasteiger partial charge in [-0.3, -0.25) is 4.40 Å². The molecule has 120 valence electrons. The van der Waals surface area contributed by atoms with Crippen LogP contribution in [0.3, 0.4) is 0 Å². The molecular formula is C18H17N5O. The van der Waals surface area contributed by atoms with E-state index in [-0.39, 0.29) is 5.75 Å². The number of anilines is 1. The van der Waals surface area contributed by atoms with E-state index in [1.807, 2.05) is 52.7 Å². The Kier molecular flexibility index (Phi) is 3.42. The summed E-state index contributed by atoms with van der Waals surface area (Å²) in [5, 5.41) is 13.3. The quantitative estimate of drug-likeness (QED) is 0.607. The minimum absolute atomic E-state index is 0.226. The van der Waals surface area contributed by atoms with Crippen LogP contribution >= 0.6 is 0 Å². The van der Waals surface area contributed by atoms with Crippen LogP contribution in [-0.2, 0) is 13.6 Å². The van der Waals surface area contributed by atoms with Gasteiger partial charge in [0, 0.05) is 43.0 Å². The number of rotatable bonds is 4. The van der Waals surface area contributed by atoms with Crippen LogP contribution in [0.15, 0.2) is 61.3 Å². The van der Waals surface area contributed by atoms with Gasteiger partial charge >= 0.3 is 0 Å². The highest BCUT2D eigenvalue weighted by Gasteiger charge is 2.10. The Morgan fingerprint density at radius 2 is 2.12 bits per heavy atom. The summed E-state index contributed by atoms with van der Waals surface area (Å²) >= 11 is 0. The van der Waals surface area contributed by atoms with E-state index in [9.17, 15) is 5.11 Å². The van der Waals surface area contributed by atoms with Crippen molar-refractivity contribution in [2.75, 3.05) is 5.32 Å². The van der Waals surface area contributed by atoms with Crippen molar-refractivity contribution in [2.24, 2.45) is 7.05 Å². The van der Waals surface area contributed by atoms with Crippen LogP contribution in [0.1, 0.15) is 5.69 Å². The number of hydrogen-bond acceptors (Lipinski definition) is 4. The lowest BCUT2D eigenvalue weighted by Crippen LogP contribution is -2.05. The molecule has 0 amide bonds. The molecule has 4 aromatic rings. The largest absolute Gasteiger partial charge is 0.508 e. The first kappa shape index (κ1) is 14.3. The number of nitrogens with zero attached hydrogens (tertiary/aromatic N) is 4. The molecule has 0 fully saturated rings. The van der Waals surface area contributed by atoms with E-state index >= 15 is 0 Å². The number of hydrogen-bond donors (Lipinski definition) is 2. The van der Waals surface area contributed by atoms with Crippen LogP contribution < -0.4 is 5.32 Å². The summed E-state index contributed by atoms with van der Waals surface area (Å²) in [5.74, 6) is 0.226. The van der Waals surface area contributed by atoms with E-state index in [0.29, 0.717) is 6.54 Å². The molecule has 0 saturated carbocycles. The van der Waals surface area contributed by atoms with Crippen molar-refractivity contribution in [3.8, 4) is 17.0 Å². The Labute approximate surface area is 139 Å². The number of aromatic hydroxyl groups is 1. The monoisotopic (exact) mass is 319 g/mol. The third-order valence-corrected chi connectivity index (χ3v) is 4.08. The topological polar surface area (TPSA) is 67.4 Å². The SMILES string of the molecule is Cn1cncc1CNc1cc(O)ccc1-c1cccc2nccn12. The molecule has 4 rings (SSSR count). The van der Waals surface area contributed by atoms with Gasteiger partial charge in [-0.1, -0.05) is 6.07 Å². The molecule has 24 heavy (non-hydrogen) atoms. The van der Waals surface area contributed by atoms with Gasteiger partial charge < -0.3 is 15.0 Å². The minimum atomic E-state index is 0.226. The smallest absolute Gasteiger partial charge is 0.137 e. The first-order valence-corrected chi connectivity index (χ1v) is 7.67. The number of pyridine rings is 1. The average molecular weight is 319 g/mol. The van der Waals surface area contributed by atoms with E-state index in [4.69, 9.17) is 0 Å². The van der Waals surface area contributed by atoms with Crippen LogP contribution in [0.5, 0.6) is 5.75 Å². The van der Waals surface area contributed by atoms with Gasteiger partial charge in [0.25, 0.3) is 0 Å². The maximum Gasteiger partial charge on any atom is 0.137 e. The third-order valence-electron chi connectivity index (χ3n) is 4.08. The van der Waals surface area contributed by atoms with Gasteiger partial charge in [-0.25, -0.2) is 9.97 Å². The van der Waals surface area contributed by atoms with Crippen LogP contribution in [0.25, 0.3) is 16.9 Å². The summed E-state index contributed by atoms with van der Waals surface area (Å²) in [4.78, 5) is 8.46. The highest BCUT2D eigenvalue weighted by Crippen LogP contribution is 2.31. The van der Waals surface area contributed by atoms with Gasteiger partial charge in [-0.15, -0.1) is 0 Å². The maximum atomic E-state index is 9.89. The summed E-state index contributed by atoms with van der Waals surface area (Å²) < 4.78 is 3.99. The van der Waals surface area contributed by atoms with Crippen molar-refractivity contribution in [3.05, 3.63) is 67.0 Å². The Morgan fingerprint density at radius 3 is 2.96 bits per heavy atom. The van der Waals surface area contributed by atoms with Crippen molar-refractivity contribution in [1.29, 1.82) is 0 Å². The average Bonchev–Trinajstić information content (AvgIpc) is 3.21. The molecule has 0 atom stereocenters. The fourth-order valence-corrected chi connectivity index (χ4v) is 2.81. The van der Waals surface area contributed by atoms with Gasteiger partial charge in [0.05, 0.1) is 24.3 Å². The van der Waals surface area contributed by atoms with Crippen LogP contribution in [0, 0.1) is 0 Å². The normalized spacial score (nSPS) is 11.0. The van der Waals surface area contributed by atoms with Crippen molar-refractivity contribution in [1.82, 2.24) is 18.9 Å². The molecule has 2 N–H and O–H groups in total. The van der Waals surface area contributed by atoms with Crippen LogP contribution in [-0.4, -0.2) is 24.0 Å². The molecular weight excluding hydrogens is 302 g/mol. The predicted molar refractivity (Wildman–Crippen MR) is 92.8 cm³/mol. The second kappa shape index (κ2) is 5.73. The summed E-state index contributed by atoms with van der Waals surface area (Å²) in [6.45, 7) is 0.618. The minimum Gasteiger partial charge on any atom is -0.508 e. The number of fused-ring (bicyclic) bond motifs is 1. The Morgan fingerprint density at radius 1 is 1.21 bits per heavy atom. The number of phenolic OH excluding ortho intramolecular Hbond substituents is 1. The fourth-order valence-electron chi connectivity index (χ4n) is 2.81. The molecule has 3 heterocycles. The van der Waals surface area contributed by atoms with Gasteiger partial charge in [-0.2, -0.15) is 0 Å². The molecule has 0 bridgehead atoms. The number of phenols is 1. The second-order valence-corrected chi connectivity index (χ2v) is 5.65. The number of nitrogens with one attached hydrogen (secondary N) is 1. The Hall–Kier alpha value is -3.28. The van der Waals surface area contributed by atoms with E-state index < -0.39 is 0 Å². The molecule has 0 aliphatic rings. The molecule has 0 radical (unpaired) electrons. The zero-order valence-corrected chi connectivity index (χ0v) is 13.2. The molecule has 6 nitrogen and oxygen atoms in total. The Bertz CT molecular complexity index is 1000. The molecule has 1 aromatic carbocycles. The molecule has 0 unspecified atom stereocenters. The van der Waals surface area contributed by atoms with Gasteiger partial charge in [0.1, 0.15) is 11.4 Å². The summed E-state index contributed by atoms with van der Waals surface area (Å²) in [6, 6.07) is 11.3. The highest BCUT2D eigenvalue weighted by atomic mass is 16.3. The Balaban J connectivity index is 1.76. The standard InChI is InChI=1S/C18H17N5O/c1-22-12-19-10-13(22)11-21-16-9-14(24)5-6-15(16)17-3-2-4-18-20-7-8-23(17)18/h2-10,12,21,24H,11H2,1H3. The van der Waals surface area contributed by atoms with E-state index in [2.05, 4.69) is 15.3 Å². The maximum absolute atomic E-state index is 9.89. The molecule has 0 spiro atoms. The van der Waals surface area contributed by atoms with Crippen LogP contribution in [0.4, 0.5) is 5.69 Å². The van der Waals surface area contributed by atoms with Gasteiger partial charge in [-0.05, 0) is 24.3 Å². The number of aryl methyl sites for hydroxylation is 1. The molecule has 6 heteroatoms. The van der Waals surface area contributed by atoms with Crippen molar-refractivity contribution in [3.63, 3.8) is 0 Å². The number of imidazole rings is 2. The number of aromatic nitrogens is 4. The van der Waals surface area contributed by atoms with Crippen LogP contribution in [0.2, 0.25) is 0 Å². The lowest BCUT2D eigenvalue weighted by atomic mass is 10.1. The summed E-state index contributed by atoms with van der Waals surface area (Å²) in [5.41, 5.74) is 4.82. The zero-order valence-electron chi connectivity index (χ0n) is 13.2. The van der Waals surface area contributed by atoms with E-state index in [1.165, 1.54) is 0 Å². The molecule has 0 aliphatic heterocycles. The predicted octanol–water partition coefficient (Wildman–Crippen LogP) is 3.05. The van der Waals surface area contributed by atoms with Gasteiger partial charge in [0.15, 0.2) is 0 Å². The molecule has 0 aliphatic carbocycles. The second-order valence-electron chi connectivity index (χ2n) is 5.65. The van der Waals surface area contributed by atoms with Gasteiger partial charge in [0.2, 0.25) is 0 Å². The first-order chi connectivity index (χ1) is 11.7. The lowest BCUT2D eigenvalue weighted by molar-refractivity contribution is 0.475. The van der Waals surface area contributed by atoms with Crippen molar-refractivity contribution >= 4 is 11.3 Å². The fraction of sp³-hybridized carbons (Fsp3) is 0.111. The summed E-state index contributed by atoms with van der Waals surface area (Å²) in [7, 11) is 1.96. The van der Waals surface area contributed by atoms with Crippen molar-refractivity contribution < 1.29 is 5.11 Å². The van der Waals surface area contributed by atoms with Crippen molar-refractivity contribution in [2.45, 2.75) is 6.54 Å². The number of benzene rings is 1. The first-order valence-electron chi connectivity index (χ1n) is 7.67. The van der Waals surface area contributed by atoms with E-state index in [1.54, 1.807) is 24.7 Å². The molecule has 3 aromatic heterocycles. The molecule has 0 saturated heterocycles. The lowest BCUT2D eigenvalue weighted by Gasteiger charge is -2.14. The highest BCUT2D eigenvalue weighted by molar-refractivity contribution is 5.78.